The number of nitrogen functional groups attached to an aromatic ring is 1. The molecule has 1 aromatic carbocycles. The van der Waals surface area contributed by atoms with Crippen LogP contribution in [0.15, 0.2) is 12.1 Å². The summed E-state index contributed by atoms with van der Waals surface area (Å²) in [4.78, 5) is 1.70. The summed E-state index contributed by atoms with van der Waals surface area (Å²) in [6.45, 7) is 0.541. The van der Waals surface area contributed by atoms with E-state index < -0.39 is 11.9 Å². The van der Waals surface area contributed by atoms with Gasteiger partial charge in [-0.3, -0.25) is 0 Å². The first-order valence-electron chi connectivity index (χ1n) is 5.08. The molecule has 0 saturated carbocycles. The van der Waals surface area contributed by atoms with Gasteiger partial charge in [0.2, 0.25) is 0 Å². The van der Waals surface area contributed by atoms with Crippen molar-refractivity contribution in [2.45, 2.75) is 6.10 Å². The van der Waals surface area contributed by atoms with Gasteiger partial charge >= 0.3 is 0 Å². The second-order valence-electron chi connectivity index (χ2n) is 3.81. The molecule has 96 valence electrons. The minimum Gasteiger partial charge on any atom is -0.397 e. The highest BCUT2D eigenvalue weighted by Gasteiger charge is 2.13. The van der Waals surface area contributed by atoms with Gasteiger partial charge in [0.15, 0.2) is 0 Å². The molecule has 1 rings (SSSR count). The molecular weight excluding hydrogens is 247 g/mol. The zero-order chi connectivity index (χ0) is 13.0. The summed E-state index contributed by atoms with van der Waals surface area (Å²) in [5, 5.41) is 9.58. The lowest BCUT2D eigenvalue weighted by Crippen LogP contribution is -2.32. The van der Waals surface area contributed by atoms with Crippen molar-refractivity contribution in [3.63, 3.8) is 0 Å². The zero-order valence-corrected chi connectivity index (χ0v) is 10.5. The number of aliphatic hydroxyl groups excluding tert-OH is 1. The number of anilines is 2. The Morgan fingerprint density at radius 2 is 2.24 bits per heavy atom. The lowest BCUT2D eigenvalue weighted by molar-refractivity contribution is 0.0695. The Labute approximate surface area is 105 Å². The molecule has 0 fully saturated rings. The quantitative estimate of drug-likeness (QED) is 0.790. The van der Waals surface area contributed by atoms with Crippen LogP contribution in [0.25, 0.3) is 0 Å². The smallest absolute Gasteiger partial charge is 0.143 e. The van der Waals surface area contributed by atoms with E-state index in [1.807, 2.05) is 0 Å². The third kappa shape index (κ3) is 3.73. The van der Waals surface area contributed by atoms with Crippen molar-refractivity contribution >= 4 is 23.0 Å². The number of nitrogens with two attached hydrogens (primary N) is 1. The van der Waals surface area contributed by atoms with E-state index in [2.05, 4.69) is 0 Å². The van der Waals surface area contributed by atoms with E-state index in [1.165, 1.54) is 13.2 Å². The van der Waals surface area contributed by atoms with Gasteiger partial charge in [0.05, 0.1) is 29.1 Å². The van der Waals surface area contributed by atoms with Gasteiger partial charge in [-0.15, -0.1) is 0 Å². The van der Waals surface area contributed by atoms with Gasteiger partial charge in [0.1, 0.15) is 5.82 Å². The number of halogens is 2. The first-order chi connectivity index (χ1) is 7.95. The summed E-state index contributed by atoms with van der Waals surface area (Å²) in [6, 6.07) is 2.60. The van der Waals surface area contributed by atoms with Crippen LogP contribution < -0.4 is 10.6 Å². The van der Waals surface area contributed by atoms with Crippen LogP contribution in [0.4, 0.5) is 15.8 Å². The van der Waals surface area contributed by atoms with Crippen molar-refractivity contribution in [2.24, 2.45) is 0 Å². The van der Waals surface area contributed by atoms with Gasteiger partial charge in [0, 0.05) is 26.8 Å². The molecule has 0 aromatic heterocycles. The molecule has 1 atom stereocenters. The summed E-state index contributed by atoms with van der Waals surface area (Å²) < 4.78 is 17.9. The number of hydrogen-bond donors (Lipinski definition) is 2. The van der Waals surface area contributed by atoms with Crippen LogP contribution in [0.2, 0.25) is 5.02 Å². The molecule has 0 saturated heterocycles. The van der Waals surface area contributed by atoms with Gasteiger partial charge in [-0.25, -0.2) is 4.39 Å². The van der Waals surface area contributed by atoms with E-state index in [0.717, 1.165) is 6.07 Å². The Bertz CT molecular complexity index is 390. The summed E-state index contributed by atoms with van der Waals surface area (Å²) >= 11 is 5.68. The third-order valence-corrected chi connectivity index (χ3v) is 2.61. The fourth-order valence-electron chi connectivity index (χ4n) is 1.54. The van der Waals surface area contributed by atoms with E-state index in [-0.39, 0.29) is 17.3 Å². The Morgan fingerprint density at radius 3 is 2.82 bits per heavy atom. The van der Waals surface area contributed by atoms with Gasteiger partial charge in [0.25, 0.3) is 0 Å². The molecule has 6 heteroatoms. The number of ether oxygens (including phenoxy) is 1. The van der Waals surface area contributed by atoms with E-state index in [4.69, 9.17) is 22.1 Å². The van der Waals surface area contributed by atoms with Crippen molar-refractivity contribution in [2.75, 3.05) is 37.9 Å². The summed E-state index contributed by atoms with van der Waals surface area (Å²) in [6.07, 6.45) is -0.645. The van der Waals surface area contributed by atoms with Crippen LogP contribution in [0.3, 0.4) is 0 Å². The Balaban J connectivity index is 2.81. The zero-order valence-electron chi connectivity index (χ0n) is 9.78. The third-order valence-electron chi connectivity index (χ3n) is 2.32. The van der Waals surface area contributed by atoms with Crippen LogP contribution in [0, 0.1) is 5.82 Å². The van der Waals surface area contributed by atoms with E-state index in [0.29, 0.717) is 12.2 Å². The van der Waals surface area contributed by atoms with Crippen molar-refractivity contribution < 1.29 is 14.2 Å². The molecule has 0 amide bonds. The molecule has 17 heavy (non-hydrogen) atoms. The Kier molecular flexibility index (Phi) is 4.99. The summed E-state index contributed by atoms with van der Waals surface area (Å²) in [7, 11) is 3.24. The SMILES string of the molecule is COCC(O)CN(C)c1cc(Cl)c(F)cc1N. The van der Waals surface area contributed by atoms with Crippen LogP contribution in [-0.4, -0.2) is 38.5 Å². The summed E-state index contributed by atoms with van der Waals surface area (Å²) in [5.41, 5.74) is 6.54. The molecule has 3 N–H and O–H groups in total. The highest BCUT2D eigenvalue weighted by Crippen LogP contribution is 2.28. The maximum atomic E-state index is 13.1. The standard InChI is InChI=1S/C11H16ClFN2O2/c1-15(5-7(16)6-17-2)11-3-8(12)9(13)4-10(11)14/h3-4,7,16H,5-6,14H2,1-2H3. The second-order valence-corrected chi connectivity index (χ2v) is 4.22. The Morgan fingerprint density at radius 1 is 1.59 bits per heavy atom. The van der Waals surface area contributed by atoms with E-state index >= 15 is 0 Å². The Hall–Kier alpha value is -1.04. The molecule has 0 spiro atoms. The van der Waals surface area contributed by atoms with E-state index in [9.17, 15) is 9.50 Å². The fraction of sp³-hybridized carbons (Fsp3) is 0.455. The van der Waals surface area contributed by atoms with Gasteiger partial charge in [-0.2, -0.15) is 0 Å². The molecule has 4 nitrogen and oxygen atoms in total. The number of benzene rings is 1. The lowest BCUT2D eigenvalue weighted by Gasteiger charge is -2.24. The van der Waals surface area contributed by atoms with Gasteiger partial charge < -0.3 is 20.5 Å². The number of nitrogens with zero attached hydrogens (tertiary/aromatic N) is 1. The average Bonchev–Trinajstić information content (AvgIpc) is 2.23. The number of aliphatic hydroxyl groups is 1. The molecule has 0 radical (unpaired) electrons. The number of hydrogen-bond acceptors (Lipinski definition) is 4. The molecule has 0 heterocycles. The first kappa shape index (κ1) is 14.0. The minimum absolute atomic E-state index is 0.00211. The van der Waals surface area contributed by atoms with Crippen molar-refractivity contribution in [1.29, 1.82) is 0 Å². The second kappa shape index (κ2) is 6.05. The van der Waals surface area contributed by atoms with Gasteiger partial charge in [-0.1, -0.05) is 11.6 Å². The molecule has 1 unspecified atom stereocenters. The predicted molar refractivity (Wildman–Crippen MR) is 67.0 cm³/mol. The average molecular weight is 263 g/mol. The maximum Gasteiger partial charge on any atom is 0.143 e. The van der Waals surface area contributed by atoms with Crippen LogP contribution in [0.5, 0.6) is 0 Å². The minimum atomic E-state index is -0.645. The number of methoxy groups -OCH3 is 1. The number of likely N-dealkylation sites (N-methyl/N-ethyl adjacent to an activating group) is 1. The largest absolute Gasteiger partial charge is 0.397 e. The predicted octanol–water partition coefficient (Wildman–Crippen LogP) is 1.50. The molecular formula is C11H16ClFN2O2. The van der Waals surface area contributed by atoms with Crippen molar-refractivity contribution in [3.8, 4) is 0 Å². The normalized spacial score (nSPS) is 12.5. The van der Waals surface area contributed by atoms with Crippen LogP contribution in [-0.2, 0) is 4.74 Å². The highest BCUT2D eigenvalue weighted by atomic mass is 35.5. The van der Waals surface area contributed by atoms with Crippen LogP contribution >= 0.6 is 11.6 Å². The molecule has 0 aliphatic rings. The number of rotatable bonds is 5. The highest BCUT2D eigenvalue weighted by molar-refractivity contribution is 6.31. The summed E-state index contributed by atoms with van der Waals surface area (Å²) in [5.74, 6) is -0.557. The maximum absolute atomic E-state index is 13.1. The fourth-order valence-corrected chi connectivity index (χ4v) is 1.70. The molecule has 0 aliphatic carbocycles. The van der Waals surface area contributed by atoms with E-state index in [1.54, 1.807) is 11.9 Å². The van der Waals surface area contributed by atoms with Gasteiger partial charge in [-0.05, 0) is 6.07 Å². The molecule has 0 aliphatic heterocycles. The monoisotopic (exact) mass is 262 g/mol. The van der Waals surface area contributed by atoms with Crippen LogP contribution in [0.1, 0.15) is 0 Å². The first-order valence-corrected chi connectivity index (χ1v) is 5.46. The molecule has 0 bridgehead atoms. The van der Waals surface area contributed by atoms with Crippen molar-refractivity contribution in [3.05, 3.63) is 23.0 Å². The topological polar surface area (TPSA) is 58.7 Å². The lowest BCUT2D eigenvalue weighted by atomic mass is 10.2. The molecule has 1 aromatic rings. The van der Waals surface area contributed by atoms with Crippen molar-refractivity contribution in [1.82, 2.24) is 0 Å².